The van der Waals surface area contributed by atoms with Gasteiger partial charge in [-0.15, -0.1) is 24.0 Å². The molecule has 7 nitrogen and oxygen atoms in total. The Labute approximate surface area is 178 Å². The molecule has 27 heavy (non-hydrogen) atoms. The lowest BCUT2D eigenvalue weighted by atomic mass is 10.2. The molecular formula is C19H32IN3O4. The second-order valence-corrected chi connectivity index (χ2v) is 6.94. The van der Waals surface area contributed by atoms with Crippen LogP contribution >= 0.6 is 24.0 Å². The van der Waals surface area contributed by atoms with Crippen molar-refractivity contribution in [3.63, 3.8) is 0 Å². The van der Waals surface area contributed by atoms with Gasteiger partial charge in [0.25, 0.3) is 0 Å². The first-order valence-corrected chi connectivity index (χ1v) is 9.68. The molecule has 0 bridgehead atoms. The molecule has 3 rings (SSSR count). The van der Waals surface area contributed by atoms with Gasteiger partial charge in [-0.1, -0.05) is 0 Å². The maximum absolute atomic E-state index is 5.90. The van der Waals surface area contributed by atoms with E-state index in [1.54, 1.807) is 6.26 Å². The van der Waals surface area contributed by atoms with Crippen LogP contribution in [0.25, 0.3) is 0 Å². The van der Waals surface area contributed by atoms with Crippen molar-refractivity contribution in [2.75, 3.05) is 39.5 Å². The van der Waals surface area contributed by atoms with Crippen LogP contribution in [0.3, 0.4) is 0 Å². The normalized spacial score (nSPS) is 23.8. The largest absolute Gasteiger partial charge is 0.469 e. The van der Waals surface area contributed by atoms with Crippen LogP contribution in [0, 0.1) is 0 Å². The fourth-order valence-electron chi connectivity index (χ4n) is 3.09. The minimum absolute atomic E-state index is 0. The highest BCUT2D eigenvalue weighted by molar-refractivity contribution is 14.0. The van der Waals surface area contributed by atoms with Crippen molar-refractivity contribution in [2.45, 2.75) is 50.9 Å². The third kappa shape index (κ3) is 8.37. The predicted molar refractivity (Wildman–Crippen MR) is 115 cm³/mol. The summed E-state index contributed by atoms with van der Waals surface area (Å²) in [6.07, 6.45) is 6.17. The third-order valence-electron chi connectivity index (χ3n) is 4.57. The highest BCUT2D eigenvalue weighted by Gasteiger charge is 2.18. The molecule has 0 amide bonds. The van der Waals surface area contributed by atoms with E-state index in [1.165, 1.54) is 0 Å². The summed E-state index contributed by atoms with van der Waals surface area (Å²) < 4.78 is 22.3. The van der Waals surface area contributed by atoms with Crippen LogP contribution < -0.4 is 10.6 Å². The van der Waals surface area contributed by atoms with Crippen molar-refractivity contribution in [3.05, 3.63) is 24.2 Å². The molecule has 2 fully saturated rings. The first-order chi connectivity index (χ1) is 12.8. The number of furan rings is 1. The number of rotatable bonds is 9. The SMILES string of the molecule is CC(COC1CCOC1)NC(=NCC1CCCO1)NCCc1ccco1.I. The van der Waals surface area contributed by atoms with Crippen molar-refractivity contribution in [2.24, 2.45) is 4.99 Å². The smallest absolute Gasteiger partial charge is 0.191 e. The van der Waals surface area contributed by atoms with Crippen molar-refractivity contribution in [1.29, 1.82) is 0 Å². The summed E-state index contributed by atoms with van der Waals surface area (Å²) in [6, 6.07) is 4.06. The first kappa shape index (κ1) is 22.4. The zero-order chi connectivity index (χ0) is 18.0. The Kier molecular flexibility index (Phi) is 10.5. The fourth-order valence-corrected chi connectivity index (χ4v) is 3.09. The van der Waals surface area contributed by atoms with Crippen LogP contribution in [-0.2, 0) is 20.6 Å². The van der Waals surface area contributed by atoms with Gasteiger partial charge >= 0.3 is 0 Å². The molecule has 0 radical (unpaired) electrons. The van der Waals surface area contributed by atoms with Gasteiger partial charge in [0.05, 0.1) is 38.2 Å². The van der Waals surface area contributed by atoms with E-state index in [-0.39, 0.29) is 42.2 Å². The van der Waals surface area contributed by atoms with Crippen LogP contribution in [0.15, 0.2) is 27.8 Å². The number of hydrogen-bond acceptors (Lipinski definition) is 5. The van der Waals surface area contributed by atoms with Gasteiger partial charge in [0.15, 0.2) is 5.96 Å². The summed E-state index contributed by atoms with van der Waals surface area (Å²) in [6.45, 7) is 6.53. The molecule has 0 saturated carbocycles. The molecule has 1 aromatic heterocycles. The van der Waals surface area contributed by atoms with Crippen molar-refractivity contribution >= 4 is 29.9 Å². The van der Waals surface area contributed by atoms with Gasteiger partial charge in [-0.2, -0.15) is 0 Å². The lowest BCUT2D eigenvalue weighted by molar-refractivity contribution is 0.0347. The molecule has 0 aromatic carbocycles. The van der Waals surface area contributed by atoms with Crippen molar-refractivity contribution < 1.29 is 18.6 Å². The Morgan fingerprint density at radius 2 is 2.30 bits per heavy atom. The highest BCUT2D eigenvalue weighted by Crippen LogP contribution is 2.12. The highest BCUT2D eigenvalue weighted by atomic mass is 127. The summed E-state index contributed by atoms with van der Waals surface area (Å²) in [5.41, 5.74) is 0. The Hall–Kier alpha value is -0.840. The number of halogens is 1. The van der Waals surface area contributed by atoms with Crippen LogP contribution in [0.5, 0.6) is 0 Å². The minimum atomic E-state index is 0. The van der Waals surface area contributed by atoms with Crippen molar-refractivity contribution in [1.82, 2.24) is 10.6 Å². The molecular weight excluding hydrogens is 461 g/mol. The Bertz CT molecular complexity index is 529. The molecule has 2 N–H and O–H groups in total. The molecule has 2 aliphatic rings. The predicted octanol–water partition coefficient (Wildman–Crippen LogP) is 2.35. The number of hydrogen-bond donors (Lipinski definition) is 2. The standard InChI is InChI=1S/C19H31N3O4.HI/c1-15(13-26-18-7-11-23-14-18)22-19(21-12-17-5-3-10-25-17)20-8-6-16-4-2-9-24-16;/h2,4,9,15,17-18H,3,5-8,10-14H2,1H3,(H2,20,21,22);1H. The van der Waals surface area contributed by atoms with Gasteiger partial charge < -0.3 is 29.3 Å². The first-order valence-electron chi connectivity index (χ1n) is 9.68. The van der Waals surface area contributed by atoms with Gasteiger partial charge in [-0.3, -0.25) is 4.99 Å². The number of guanidine groups is 1. The van der Waals surface area contributed by atoms with Gasteiger partial charge in [0.1, 0.15) is 5.76 Å². The Morgan fingerprint density at radius 1 is 1.37 bits per heavy atom. The lowest BCUT2D eigenvalue weighted by Crippen LogP contribution is -2.45. The lowest BCUT2D eigenvalue weighted by Gasteiger charge is -2.20. The van der Waals surface area contributed by atoms with Crippen molar-refractivity contribution in [3.8, 4) is 0 Å². The summed E-state index contributed by atoms with van der Waals surface area (Å²) in [5, 5.41) is 6.82. The summed E-state index contributed by atoms with van der Waals surface area (Å²) in [7, 11) is 0. The van der Waals surface area contributed by atoms with E-state index < -0.39 is 0 Å². The molecule has 2 saturated heterocycles. The van der Waals surface area contributed by atoms with E-state index in [4.69, 9.17) is 23.6 Å². The van der Waals surface area contributed by atoms with Gasteiger partial charge in [0, 0.05) is 32.2 Å². The van der Waals surface area contributed by atoms with Crippen LogP contribution in [-0.4, -0.2) is 63.7 Å². The number of nitrogens with zero attached hydrogens (tertiary/aromatic N) is 1. The van der Waals surface area contributed by atoms with E-state index in [0.717, 1.165) is 57.2 Å². The molecule has 3 heterocycles. The zero-order valence-electron chi connectivity index (χ0n) is 16.0. The zero-order valence-corrected chi connectivity index (χ0v) is 18.4. The van der Waals surface area contributed by atoms with E-state index >= 15 is 0 Å². The van der Waals surface area contributed by atoms with Gasteiger partial charge in [-0.05, 0) is 38.3 Å². The van der Waals surface area contributed by atoms with Crippen LogP contribution in [0.2, 0.25) is 0 Å². The Morgan fingerprint density at radius 3 is 3.00 bits per heavy atom. The number of ether oxygens (including phenoxy) is 3. The van der Waals surface area contributed by atoms with E-state index in [9.17, 15) is 0 Å². The third-order valence-corrected chi connectivity index (χ3v) is 4.57. The van der Waals surface area contributed by atoms with Crippen LogP contribution in [0.1, 0.15) is 31.9 Å². The average molecular weight is 493 g/mol. The maximum atomic E-state index is 5.90. The topological polar surface area (TPSA) is 77.2 Å². The number of nitrogens with one attached hydrogen (secondary N) is 2. The molecule has 154 valence electrons. The monoisotopic (exact) mass is 493 g/mol. The van der Waals surface area contributed by atoms with Crippen LogP contribution in [0.4, 0.5) is 0 Å². The quantitative estimate of drug-likeness (QED) is 0.313. The molecule has 0 aliphatic carbocycles. The molecule has 2 aliphatic heterocycles. The molecule has 0 spiro atoms. The molecule has 3 unspecified atom stereocenters. The van der Waals surface area contributed by atoms with E-state index in [0.29, 0.717) is 19.8 Å². The maximum Gasteiger partial charge on any atom is 0.191 e. The van der Waals surface area contributed by atoms with Gasteiger partial charge in [0.2, 0.25) is 0 Å². The van der Waals surface area contributed by atoms with E-state index in [2.05, 4.69) is 17.6 Å². The molecule has 3 atom stereocenters. The van der Waals surface area contributed by atoms with Gasteiger partial charge in [-0.25, -0.2) is 0 Å². The second-order valence-electron chi connectivity index (χ2n) is 6.94. The number of aliphatic imine (C=N–C) groups is 1. The minimum Gasteiger partial charge on any atom is -0.469 e. The Balaban J connectivity index is 0.00000261. The summed E-state index contributed by atoms with van der Waals surface area (Å²) >= 11 is 0. The average Bonchev–Trinajstić information content (AvgIpc) is 3.41. The second kappa shape index (κ2) is 12.6. The summed E-state index contributed by atoms with van der Waals surface area (Å²) in [5.74, 6) is 1.76. The fraction of sp³-hybridized carbons (Fsp3) is 0.737. The summed E-state index contributed by atoms with van der Waals surface area (Å²) in [4.78, 5) is 4.70. The molecule has 8 heteroatoms. The molecule has 1 aromatic rings. The van der Waals surface area contributed by atoms with E-state index in [1.807, 2.05) is 12.1 Å².